The van der Waals surface area contributed by atoms with Gasteiger partial charge in [0.1, 0.15) is 0 Å². The first-order valence-corrected chi connectivity index (χ1v) is 6.52. The summed E-state index contributed by atoms with van der Waals surface area (Å²) in [5.74, 6) is 0. The minimum atomic E-state index is 0.335. The van der Waals surface area contributed by atoms with E-state index in [1.807, 2.05) is 0 Å². The number of nitrogens with one attached hydrogen (secondary N) is 1. The summed E-state index contributed by atoms with van der Waals surface area (Å²) < 4.78 is 5.55. The summed E-state index contributed by atoms with van der Waals surface area (Å²) in [4.78, 5) is 2.35. The number of nitrogens with zero attached hydrogens (tertiary/aromatic N) is 1. The van der Waals surface area contributed by atoms with Crippen LogP contribution in [0.4, 0.5) is 0 Å². The summed E-state index contributed by atoms with van der Waals surface area (Å²) in [5, 5.41) is 3.53. The van der Waals surface area contributed by atoms with Gasteiger partial charge in [-0.1, -0.05) is 6.92 Å². The van der Waals surface area contributed by atoms with Gasteiger partial charge >= 0.3 is 0 Å². The van der Waals surface area contributed by atoms with Gasteiger partial charge in [0.05, 0.1) is 12.7 Å². The fourth-order valence-electron chi connectivity index (χ4n) is 1.32. The Kier molecular flexibility index (Phi) is 8.90. The fourth-order valence-corrected chi connectivity index (χ4v) is 1.32. The highest BCUT2D eigenvalue weighted by atomic mass is 16.5. The average Bonchev–Trinajstić information content (AvgIpc) is 2.24. The van der Waals surface area contributed by atoms with Crippen molar-refractivity contribution in [3.63, 3.8) is 0 Å². The molecular formula is C13H30N2O. The molecule has 0 saturated heterocycles. The van der Waals surface area contributed by atoms with E-state index >= 15 is 0 Å². The maximum absolute atomic E-state index is 5.55. The van der Waals surface area contributed by atoms with Gasteiger partial charge in [-0.3, -0.25) is 0 Å². The van der Waals surface area contributed by atoms with E-state index < -0.39 is 0 Å². The Morgan fingerprint density at radius 2 is 1.81 bits per heavy atom. The average molecular weight is 230 g/mol. The Balaban J connectivity index is 3.60. The van der Waals surface area contributed by atoms with E-state index in [1.165, 1.54) is 6.42 Å². The Morgan fingerprint density at radius 1 is 1.19 bits per heavy atom. The van der Waals surface area contributed by atoms with Crippen LogP contribution in [0, 0.1) is 0 Å². The molecule has 0 rings (SSSR count). The molecule has 0 spiro atoms. The van der Waals surface area contributed by atoms with Crippen molar-refractivity contribution >= 4 is 0 Å². The maximum Gasteiger partial charge on any atom is 0.0596 e. The van der Waals surface area contributed by atoms with Crippen LogP contribution in [-0.2, 0) is 4.74 Å². The van der Waals surface area contributed by atoms with Crippen LogP contribution in [-0.4, -0.2) is 49.8 Å². The summed E-state index contributed by atoms with van der Waals surface area (Å²) in [6.07, 6.45) is 1.52. The van der Waals surface area contributed by atoms with Crippen LogP contribution in [0.25, 0.3) is 0 Å². The highest BCUT2D eigenvalue weighted by Gasteiger charge is 2.09. The molecule has 0 aromatic heterocycles. The Hall–Kier alpha value is -0.120. The van der Waals surface area contributed by atoms with Crippen LogP contribution in [0.2, 0.25) is 0 Å². The van der Waals surface area contributed by atoms with Crippen molar-refractivity contribution in [2.45, 2.75) is 59.2 Å². The van der Waals surface area contributed by atoms with Gasteiger partial charge in [0.25, 0.3) is 0 Å². The molecule has 0 aliphatic heterocycles. The molecule has 2 unspecified atom stereocenters. The molecule has 0 bridgehead atoms. The highest BCUT2D eigenvalue weighted by molar-refractivity contribution is 4.68. The SMILES string of the molecule is CCC(C)NCC(C)N(C)CCOC(C)C. The van der Waals surface area contributed by atoms with E-state index in [0.29, 0.717) is 18.2 Å². The van der Waals surface area contributed by atoms with Gasteiger partial charge in [-0.25, -0.2) is 0 Å². The quantitative estimate of drug-likeness (QED) is 0.656. The number of hydrogen-bond acceptors (Lipinski definition) is 3. The van der Waals surface area contributed by atoms with Crippen molar-refractivity contribution in [1.82, 2.24) is 10.2 Å². The molecule has 0 amide bonds. The Bertz CT molecular complexity index is 162. The third-order valence-corrected chi connectivity index (χ3v) is 3.02. The largest absolute Gasteiger partial charge is 0.377 e. The first-order valence-electron chi connectivity index (χ1n) is 6.52. The predicted molar refractivity (Wildman–Crippen MR) is 70.9 cm³/mol. The van der Waals surface area contributed by atoms with Gasteiger partial charge < -0.3 is 15.0 Å². The molecule has 1 N–H and O–H groups in total. The lowest BCUT2D eigenvalue weighted by Gasteiger charge is -2.26. The Morgan fingerprint density at radius 3 is 2.31 bits per heavy atom. The van der Waals surface area contributed by atoms with Crippen molar-refractivity contribution in [2.24, 2.45) is 0 Å². The third-order valence-electron chi connectivity index (χ3n) is 3.02. The monoisotopic (exact) mass is 230 g/mol. The van der Waals surface area contributed by atoms with E-state index in [1.54, 1.807) is 0 Å². The summed E-state index contributed by atoms with van der Waals surface area (Å²) >= 11 is 0. The summed E-state index contributed by atoms with van der Waals surface area (Å²) in [5.41, 5.74) is 0. The molecule has 16 heavy (non-hydrogen) atoms. The first-order chi connectivity index (χ1) is 7.47. The standard InChI is InChI=1S/C13H30N2O/c1-7-12(4)14-10-13(5)15(6)8-9-16-11(2)3/h11-14H,7-10H2,1-6H3. The predicted octanol–water partition coefficient (Wildman–Crippen LogP) is 2.12. The molecular weight excluding hydrogens is 200 g/mol. The second-order valence-electron chi connectivity index (χ2n) is 4.97. The van der Waals surface area contributed by atoms with Crippen molar-refractivity contribution in [3.8, 4) is 0 Å². The van der Waals surface area contributed by atoms with Gasteiger partial charge in [0.2, 0.25) is 0 Å². The van der Waals surface area contributed by atoms with E-state index in [9.17, 15) is 0 Å². The van der Waals surface area contributed by atoms with Crippen LogP contribution >= 0.6 is 0 Å². The summed E-state index contributed by atoms with van der Waals surface area (Å²) in [7, 11) is 2.16. The second kappa shape index (κ2) is 8.97. The smallest absolute Gasteiger partial charge is 0.0596 e. The molecule has 0 aromatic rings. The fraction of sp³-hybridized carbons (Fsp3) is 1.00. The lowest BCUT2D eigenvalue weighted by molar-refractivity contribution is 0.0571. The van der Waals surface area contributed by atoms with Crippen LogP contribution in [0.3, 0.4) is 0 Å². The highest BCUT2D eigenvalue weighted by Crippen LogP contribution is 1.97. The zero-order chi connectivity index (χ0) is 12.6. The van der Waals surface area contributed by atoms with Crippen molar-refractivity contribution in [3.05, 3.63) is 0 Å². The van der Waals surface area contributed by atoms with Gasteiger partial charge in [-0.15, -0.1) is 0 Å². The van der Waals surface area contributed by atoms with Gasteiger partial charge in [-0.2, -0.15) is 0 Å². The first kappa shape index (κ1) is 15.9. The van der Waals surface area contributed by atoms with Crippen LogP contribution < -0.4 is 5.32 Å². The van der Waals surface area contributed by atoms with Crippen LogP contribution in [0.15, 0.2) is 0 Å². The van der Waals surface area contributed by atoms with Crippen molar-refractivity contribution in [1.29, 1.82) is 0 Å². The molecule has 0 saturated carbocycles. The number of ether oxygens (including phenoxy) is 1. The second-order valence-corrected chi connectivity index (χ2v) is 4.97. The maximum atomic E-state index is 5.55. The zero-order valence-electron chi connectivity index (χ0n) is 11.9. The summed E-state index contributed by atoms with van der Waals surface area (Å²) in [6.45, 7) is 13.7. The molecule has 0 heterocycles. The molecule has 0 radical (unpaired) electrons. The van der Waals surface area contributed by atoms with E-state index in [2.05, 4.69) is 51.9 Å². The minimum absolute atomic E-state index is 0.335. The Labute approximate surface area is 102 Å². The van der Waals surface area contributed by atoms with Gasteiger partial charge in [0, 0.05) is 25.2 Å². The molecule has 3 nitrogen and oxygen atoms in total. The van der Waals surface area contributed by atoms with E-state index in [4.69, 9.17) is 4.74 Å². The van der Waals surface area contributed by atoms with Crippen molar-refractivity contribution < 1.29 is 4.74 Å². The van der Waals surface area contributed by atoms with Gasteiger partial charge in [0.15, 0.2) is 0 Å². The van der Waals surface area contributed by atoms with Crippen LogP contribution in [0.5, 0.6) is 0 Å². The molecule has 3 heteroatoms. The lowest BCUT2D eigenvalue weighted by atomic mass is 10.2. The zero-order valence-corrected chi connectivity index (χ0v) is 11.9. The third kappa shape index (κ3) is 8.08. The van der Waals surface area contributed by atoms with E-state index in [-0.39, 0.29) is 0 Å². The molecule has 0 fully saturated rings. The molecule has 0 aliphatic carbocycles. The van der Waals surface area contributed by atoms with E-state index in [0.717, 1.165) is 19.7 Å². The lowest BCUT2D eigenvalue weighted by Crippen LogP contribution is -2.42. The summed E-state index contributed by atoms with van der Waals surface area (Å²) in [6, 6.07) is 1.17. The molecule has 98 valence electrons. The molecule has 0 aliphatic rings. The molecule has 0 aromatic carbocycles. The topological polar surface area (TPSA) is 24.5 Å². The number of rotatable bonds is 9. The normalized spacial score (nSPS) is 15.8. The number of hydrogen-bond donors (Lipinski definition) is 1. The van der Waals surface area contributed by atoms with Crippen molar-refractivity contribution in [2.75, 3.05) is 26.7 Å². The van der Waals surface area contributed by atoms with Crippen LogP contribution in [0.1, 0.15) is 41.0 Å². The van der Waals surface area contributed by atoms with Gasteiger partial charge in [-0.05, 0) is 41.2 Å². The molecule has 2 atom stereocenters. The number of likely N-dealkylation sites (N-methyl/N-ethyl adjacent to an activating group) is 1. The minimum Gasteiger partial charge on any atom is -0.377 e.